The van der Waals surface area contributed by atoms with Crippen molar-refractivity contribution in [3.05, 3.63) is 70.7 Å². The first-order valence-corrected chi connectivity index (χ1v) is 7.23. The summed E-state index contributed by atoms with van der Waals surface area (Å²) in [5.74, 6) is 1.14. The number of piperidine rings is 1. The van der Waals surface area contributed by atoms with Crippen LogP contribution in [0.4, 0.5) is 0 Å². The second-order valence-electron chi connectivity index (χ2n) is 5.17. The van der Waals surface area contributed by atoms with E-state index in [0.717, 1.165) is 18.1 Å². The van der Waals surface area contributed by atoms with Crippen LogP contribution in [-0.2, 0) is 0 Å². The second-order valence-corrected chi connectivity index (χ2v) is 5.60. The summed E-state index contributed by atoms with van der Waals surface area (Å²) in [6.45, 7) is 2.15. The van der Waals surface area contributed by atoms with E-state index in [9.17, 15) is 0 Å². The molecule has 106 valence electrons. The molecule has 20 heavy (non-hydrogen) atoms. The van der Waals surface area contributed by atoms with Crippen LogP contribution in [0, 0.1) is 0 Å². The molecular formula is C17H19Cl2N. The van der Waals surface area contributed by atoms with Crippen molar-refractivity contribution >= 4 is 24.0 Å². The molecule has 0 unspecified atom stereocenters. The summed E-state index contributed by atoms with van der Waals surface area (Å²) in [5, 5.41) is 4.33. The maximum absolute atomic E-state index is 5.99. The zero-order valence-electron chi connectivity index (χ0n) is 11.3. The Bertz CT molecular complexity index is 524. The van der Waals surface area contributed by atoms with Gasteiger partial charge in [-0.1, -0.05) is 54.1 Å². The Hall–Kier alpha value is -1.02. The normalized spacial score (nSPS) is 22.1. The molecule has 1 saturated heterocycles. The Morgan fingerprint density at radius 2 is 1.50 bits per heavy atom. The van der Waals surface area contributed by atoms with Gasteiger partial charge in [0.1, 0.15) is 0 Å². The van der Waals surface area contributed by atoms with Gasteiger partial charge in [0, 0.05) is 17.5 Å². The number of hydrogen-bond acceptors (Lipinski definition) is 1. The molecule has 0 aromatic heterocycles. The highest BCUT2D eigenvalue weighted by atomic mass is 35.5. The van der Waals surface area contributed by atoms with Crippen LogP contribution < -0.4 is 5.32 Å². The molecule has 1 N–H and O–H groups in total. The first-order chi connectivity index (χ1) is 9.34. The first-order valence-electron chi connectivity index (χ1n) is 6.86. The molecule has 0 aliphatic carbocycles. The van der Waals surface area contributed by atoms with Crippen molar-refractivity contribution in [3.63, 3.8) is 0 Å². The van der Waals surface area contributed by atoms with Crippen LogP contribution in [0.2, 0.25) is 5.02 Å². The lowest BCUT2D eigenvalue weighted by Crippen LogP contribution is -2.33. The quantitative estimate of drug-likeness (QED) is 0.853. The largest absolute Gasteiger partial charge is 0.316 e. The predicted octanol–water partition coefficient (Wildman–Crippen LogP) is 4.62. The fourth-order valence-corrected chi connectivity index (χ4v) is 3.14. The van der Waals surface area contributed by atoms with Crippen LogP contribution in [0.5, 0.6) is 0 Å². The van der Waals surface area contributed by atoms with Crippen molar-refractivity contribution in [3.8, 4) is 0 Å². The molecule has 1 aliphatic rings. The van der Waals surface area contributed by atoms with Gasteiger partial charge in [0.25, 0.3) is 0 Å². The predicted molar refractivity (Wildman–Crippen MR) is 88.1 cm³/mol. The molecule has 3 rings (SSSR count). The van der Waals surface area contributed by atoms with Gasteiger partial charge in [-0.15, -0.1) is 12.4 Å². The van der Waals surface area contributed by atoms with Crippen molar-refractivity contribution in [2.75, 3.05) is 13.1 Å². The molecule has 1 heterocycles. The van der Waals surface area contributed by atoms with E-state index >= 15 is 0 Å². The molecule has 1 aliphatic heterocycles. The molecule has 0 saturated carbocycles. The molecule has 0 bridgehead atoms. The minimum absolute atomic E-state index is 0. The van der Waals surface area contributed by atoms with E-state index in [1.807, 2.05) is 12.1 Å². The molecule has 0 radical (unpaired) electrons. The highest BCUT2D eigenvalue weighted by Crippen LogP contribution is 2.37. The lowest BCUT2D eigenvalue weighted by Gasteiger charge is -2.33. The average molecular weight is 308 g/mol. The van der Waals surface area contributed by atoms with Gasteiger partial charge in [-0.05, 0) is 42.1 Å². The van der Waals surface area contributed by atoms with Crippen molar-refractivity contribution < 1.29 is 0 Å². The molecule has 0 spiro atoms. The van der Waals surface area contributed by atoms with E-state index in [4.69, 9.17) is 11.6 Å². The summed E-state index contributed by atoms with van der Waals surface area (Å²) in [6, 6.07) is 19.2. The minimum atomic E-state index is 0. The average Bonchev–Trinajstić information content (AvgIpc) is 2.49. The zero-order valence-corrected chi connectivity index (χ0v) is 12.8. The molecule has 2 aromatic carbocycles. The van der Waals surface area contributed by atoms with Crippen LogP contribution in [0.25, 0.3) is 0 Å². The smallest absolute Gasteiger partial charge is 0.0406 e. The van der Waals surface area contributed by atoms with E-state index in [-0.39, 0.29) is 12.4 Å². The molecule has 1 fully saturated rings. The molecular weight excluding hydrogens is 289 g/mol. The lowest BCUT2D eigenvalue weighted by molar-refractivity contribution is 0.404. The summed E-state index contributed by atoms with van der Waals surface area (Å²) in [4.78, 5) is 0. The van der Waals surface area contributed by atoms with Crippen molar-refractivity contribution in [2.45, 2.75) is 18.3 Å². The third-order valence-corrected chi connectivity index (χ3v) is 4.26. The van der Waals surface area contributed by atoms with E-state index in [2.05, 4.69) is 47.8 Å². The van der Waals surface area contributed by atoms with Gasteiger partial charge in [-0.2, -0.15) is 0 Å². The van der Waals surface area contributed by atoms with E-state index in [1.165, 1.54) is 17.5 Å². The molecule has 3 heteroatoms. The van der Waals surface area contributed by atoms with Crippen LogP contribution >= 0.6 is 24.0 Å². The van der Waals surface area contributed by atoms with Gasteiger partial charge in [0.2, 0.25) is 0 Å². The topological polar surface area (TPSA) is 12.0 Å². The van der Waals surface area contributed by atoms with Crippen molar-refractivity contribution in [1.82, 2.24) is 5.32 Å². The van der Waals surface area contributed by atoms with Gasteiger partial charge in [0.05, 0.1) is 0 Å². The Balaban J connectivity index is 0.00000147. The van der Waals surface area contributed by atoms with Gasteiger partial charge < -0.3 is 5.32 Å². The number of benzene rings is 2. The molecule has 2 aromatic rings. The van der Waals surface area contributed by atoms with Crippen molar-refractivity contribution in [1.29, 1.82) is 0 Å². The third kappa shape index (κ3) is 3.35. The van der Waals surface area contributed by atoms with Gasteiger partial charge in [-0.25, -0.2) is 0 Å². The number of rotatable bonds is 2. The summed E-state index contributed by atoms with van der Waals surface area (Å²) in [5.41, 5.74) is 2.83. The fourth-order valence-electron chi connectivity index (χ4n) is 3.02. The van der Waals surface area contributed by atoms with Gasteiger partial charge >= 0.3 is 0 Å². The number of halogens is 2. The third-order valence-electron chi connectivity index (χ3n) is 4.01. The molecule has 1 nitrogen and oxygen atoms in total. The summed E-state index contributed by atoms with van der Waals surface area (Å²) in [7, 11) is 0. The first kappa shape index (κ1) is 15.4. The maximum atomic E-state index is 5.99. The Labute approximate surface area is 131 Å². The lowest BCUT2D eigenvalue weighted by atomic mass is 9.77. The zero-order chi connectivity index (χ0) is 13.1. The molecule has 0 amide bonds. The van der Waals surface area contributed by atoms with E-state index in [0.29, 0.717) is 11.8 Å². The van der Waals surface area contributed by atoms with Crippen LogP contribution in [-0.4, -0.2) is 13.1 Å². The van der Waals surface area contributed by atoms with E-state index < -0.39 is 0 Å². The van der Waals surface area contributed by atoms with Gasteiger partial charge in [0.15, 0.2) is 0 Å². The number of nitrogens with one attached hydrogen (secondary N) is 1. The second kappa shape index (κ2) is 7.12. The summed E-state index contributed by atoms with van der Waals surface area (Å²) in [6.07, 6.45) is 1.18. The standard InChI is InChI=1S/C17H18ClN.ClH/c18-15-8-6-14(7-9-15)16-10-11-19-12-17(16)13-4-2-1-3-5-13;/h1-9,16-17,19H,10-12H2;1H/t16-,17+;/m1./s1. The SMILES string of the molecule is Cl.Clc1ccc([C@H]2CCNC[C@H]2c2ccccc2)cc1. The summed E-state index contributed by atoms with van der Waals surface area (Å²) < 4.78 is 0. The Morgan fingerprint density at radius 3 is 2.20 bits per heavy atom. The van der Waals surface area contributed by atoms with Crippen molar-refractivity contribution in [2.24, 2.45) is 0 Å². The Kier molecular flexibility index (Phi) is 5.47. The van der Waals surface area contributed by atoms with Crippen LogP contribution in [0.1, 0.15) is 29.4 Å². The van der Waals surface area contributed by atoms with Gasteiger partial charge in [-0.3, -0.25) is 0 Å². The van der Waals surface area contributed by atoms with Crippen LogP contribution in [0.15, 0.2) is 54.6 Å². The minimum Gasteiger partial charge on any atom is -0.316 e. The van der Waals surface area contributed by atoms with E-state index in [1.54, 1.807) is 0 Å². The molecule has 2 atom stereocenters. The fraction of sp³-hybridized carbons (Fsp3) is 0.294. The summed E-state index contributed by atoms with van der Waals surface area (Å²) >= 11 is 5.99. The Morgan fingerprint density at radius 1 is 0.850 bits per heavy atom. The highest BCUT2D eigenvalue weighted by molar-refractivity contribution is 6.30. The van der Waals surface area contributed by atoms with Crippen LogP contribution in [0.3, 0.4) is 0 Å². The highest BCUT2D eigenvalue weighted by Gasteiger charge is 2.27. The number of hydrogen-bond donors (Lipinski definition) is 1. The maximum Gasteiger partial charge on any atom is 0.0406 e. The monoisotopic (exact) mass is 307 g/mol.